The lowest BCUT2D eigenvalue weighted by Gasteiger charge is -2.20. The van der Waals surface area contributed by atoms with Crippen LogP contribution in [0, 0.1) is 0 Å². The molecule has 1 aromatic rings. The summed E-state index contributed by atoms with van der Waals surface area (Å²) in [5.74, 6) is 0. The van der Waals surface area contributed by atoms with Gasteiger partial charge in [0.05, 0.1) is 5.60 Å². The highest BCUT2D eigenvalue weighted by molar-refractivity contribution is 5.85. The summed E-state index contributed by atoms with van der Waals surface area (Å²) in [6.45, 7) is 2.04. The minimum Gasteiger partial charge on any atom is -0.389 e. The first kappa shape index (κ1) is 12.4. The lowest BCUT2D eigenvalue weighted by molar-refractivity contribution is 0.0696. The van der Waals surface area contributed by atoms with Gasteiger partial charge in [0, 0.05) is 13.0 Å². The molecular weight excluding hydrogens is 186 g/mol. The van der Waals surface area contributed by atoms with E-state index in [1.54, 1.807) is 6.92 Å². The highest BCUT2D eigenvalue weighted by Crippen LogP contribution is 2.10. The van der Waals surface area contributed by atoms with E-state index in [4.69, 9.17) is 5.73 Å². The van der Waals surface area contributed by atoms with Crippen LogP contribution in [0.2, 0.25) is 0 Å². The lowest BCUT2D eigenvalue weighted by atomic mass is 9.97. The molecule has 0 fully saturated rings. The molecule has 0 aliphatic heterocycles. The van der Waals surface area contributed by atoms with Crippen molar-refractivity contribution in [3.63, 3.8) is 0 Å². The van der Waals surface area contributed by atoms with Gasteiger partial charge in [0.2, 0.25) is 0 Å². The molecule has 1 rings (SSSR count). The van der Waals surface area contributed by atoms with Crippen LogP contribution in [0.4, 0.5) is 0 Å². The van der Waals surface area contributed by atoms with Gasteiger partial charge in [-0.05, 0) is 12.5 Å². The number of hydrogen-bond acceptors (Lipinski definition) is 2. The Morgan fingerprint density at radius 2 is 1.85 bits per heavy atom. The molecule has 1 atom stereocenters. The first-order valence-electron chi connectivity index (χ1n) is 4.10. The van der Waals surface area contributed by atoms with E-state index in [0.717, 1.165) is 5.56 Å². The summed E-state index contributed by atoms with van der Waals surface area (Å²) in [4.78, 5) is 0. The molecule has 0 radical (unpaired) electrons. The van der Waals surface area contributed by atoms with Gasteiger partial charge in [-0.1, -0.05) is 30.3 Å². The predicted octanol–water partition coefficient (Wildman–Crippen LogP) is 1.36. The number of rotatable bonds is 3. The summed E-state index contributed by atoms with van der Waals surface area (Å²) in [7, 11) is 0. The second-order valence-corrected chi connectivity index (χ2v) is 3.36. The first-order valence-corrected chi connectivity index (χ1v) is 4.10. The van der Waals surface area contributed by atoms with Gasteiger partial charge >= 0.3 is 0 Å². The first-order chi connectivity index (χ1) is 5.64. The molecule has 74 valence electrons. The Morgan fingerprint density at radius 1 is 1.31 bits per heavy atom. The average molecular weight is 202 g/mol. The molecule has 0 aromatic heterocycles. The number of hydrogen-bond donors (Lipinski definition) is 2. The van der Waals surface area contributed by atoms with Crippen LogP contribution in [0.15, 0.2) is 30.3 Å². The van der Waals surface area contributed by atoms with E-state index < -0.39 is 5.60 Å². The van der Waals surface area contributed by atoms with Crippen molar-refractivity contribution in [2.75, 3.05) is 6.54 Å². The normalized spacial score (nSPS) is 14.4. The van der Waals surface area contributed by atoms with Crippen molar-refractivity contribution in [1.82, 2.24) is 0 Å². The Balaban J connectivity index is 0.00000144. The smallest absolute Gasteiger partial charge is 0.0781 e. The van der Waals surface area contributed by atoms with Gasteiger partial charge in [0.15, 0.2) is 0 Å². The van der Waals surface area contributed by atoms with Crippen LogP contribution in [0.3, 0.4) is 0 Å². The van der Waals surface area contributed by atoms with Gasteiger partial charge in [-0.25, -0.2) is 0 Å². The number of halogens is 1. The maximum absolute atomic E-state index is 9.65. The molecule has 0 heterocycles. The summed E-state index contributed by atoms with van der Waals surface area (Å²) in [6.07, 6.45) is 0.615. The molecule has 0 saturated heterocycles. The Bertz CT molecular complexity index is 236. The zero-order valence-electron chi connectivity index (χ0n) is 7.73. The van der Waals surface area contributed by atoms with Crippen molar-refractivity contribution in [2.45, 2.75) is 18.9 Å². The van der Waals surface area contributed by atoms with Gasteiger partial charge in [-0.3, -0.25) is 0 Å². The molecule has 13 heavy (non-hydrogen) atoms. The third-order valence-corrected chi connectivity index (χ3v) is 1.87. The van der Waals surface area contributed by atoms with Crippen LogP contribution in [-0.2, 0) is 6.42 Å². The largest absolute Gasteiger partial charge is 0.389 e. The number of benzene rings is 1. The van der Waals surface area contributed by atoms with E-state index in [2.05, 4.69) is 0 Å². The molecule has 0 bridgehead atoms. The van der Waals surface area contributed by atoms with E-state index in [-0.39, 0.29) is 12.4 Å². The van der Waals surface area contributed by atoms with Crippen LogP contribution in [0.1, 0.15) is 12.5 Å². The SMILES string of the molecule is CC(O)(CN)Cc1ccccc1.Cl. The third-order valence-electron chi connectivity index (χ3n) is 1.87. The molecule has 0 amide bonds. The van der Waals surface area contributed by atoms with E-state index in [1.165, 1.54) is 0 Å². The van der Waals surface area contributed by atoms with E-state index in [0.29, 0.717) is 13.0 Å². The monoisotopic (exact) mass is 201 g/mol. The number of aliphatic hydroxyl groups is 1. The highest BCUT2D eigenvalue weighted by atomic mass is 35.5. The summed E-state index contributed by atoms with van der Waals surface area (Å²) in [5, 5.41) is 9.65. The quantitative estimate of drug-likeness (QED) is 0.776. The second kappa shape index (κ2) is 5.22. The summed E-state index contributed by atoms with van der Waals surface area (Å²) < 4.78 is 0. The fourth-order valence-corrected chi connectivity index (χ4v) is 1.11. The number of nitrogens with two attached hydrogens (primary N) is 1. The standard InChI is InChI=1S/C10H15NO.ClH/c1-10(12,8-11)7-9-5-3-2-4-6-9;/h2-6,12H,7-8,11H2,1H3;1H. The molecule has 0 saturated carbocycles. The minimum absolute atomic E-state index is 0. The van der Waals surface area contributed by atoms with Crippen LogP contribution in [0.5, 0.6) is 0 Å². The fraction of sp³-hybridized carbons (Fsp3) is 0.400. The Morgan fingerprint density at radius 3 is 2.31 bits per heavy atom. The van der Waals surface area contributed by atoms with Crippen molar-refractivity contribution in [2.24, 2.45) is 5.73 Å². The maximum atomic E-state index is 9.65. The van der Waals surface area contributed by atoms with Crippen LogP contribution < -0.4 is 5.73 Å². The summed E-state index contributed by atoms with van der Waals surface area (Å²) in [5.41, 5.74) is 5.75. The van der Waals surface area contributed by atoms with Crippen molar-refractivity contribution >= 4 is 12.4 Å². The highest BCUT2D eigenvalue weighted by Gasteiger charge is 2.17. The van der Waals surface area contributed by atoms with Crippen LogP contribution >= 0.6 is 12.4 Å². The predicted molar refractivity (Wildman–Crippen MR) is 57.1 cm³/mol. The van der Waals surface area contributed by atoms with Gasteiger partial charge in [0.25, 0.3) is 0 Å². The lowest BCUT2D eigenvalue weighted by Crippen LogP contribution is -2.36. The van der Waals surface area contributed by atoms with Crippen LogP contribution in [-0.4, -0.2) is 17.3 Å². The van der Waals surface area contributed by atoms with Crippen molar-refractivity contribution in [3.8, 4) is 0 Å². The molecule has 3 heteroatoms. The molecule has 2 nitrogen and oxygen atoms in total. The Kier molecular flexibility index (Phi) is 4.99. The Hall–Kier alpha value is -0.570. The van der Waals surface area contributed by atoms with Gasteiger partial charge < -0.3 is 10.8 Å². The van der Waals surface area contributed by atoms with Gasteiger partial charge in [-0.15, -0.1) is 12.4 Å². The molecule has 1 aromatic carbocycles. The zero-order chi connectivity index (χ0) is 9.03. The van der Waals surface area contributed by atoms with E-state index >= 15 is 0 Å². The molecule has 0 aliphatic rings. The molecule has 3 N–H and O–H groups in total. The topological polar surface area (TPSA) is 46.2 Å². The van der Waals surface area contributed by atoms with Crippen molar-refractivity contribution in [1.29, 1.82) is 0 Å². The van der Waals surface area contributed by atoms with E-state index in [9.17, 15) is 5.11 Å². The molecule has 0 spiro atoms. The molecular formula is C10H16ClNO. The van der Waals surface area contributed by atoms with Crippen molar-refractivity contribution < 1.29 is 5.11 Å². The van der Waals surface area contributed by atoms with E-state index in [1.807, 2.05) is 30.3 Å². The second-order valence-electron chi connectivity index (χ2n) is 3.36. The van der Waals surface area contributed by atoms with Crippen LogP contribution in [0.25, 0.3) is 0 Å². The maximum Gasteiger partial charge on any atom is 0.0781 e. The van der Waals surface area contributed by atoms with Gasteiger partial charge in [0.1, 0.15) is 0 Å². The van der Waals surface area contributed by atoms with Crippen molar-refractivity contribution in [3.05, 3.63) is 35.9 Å². The third kappa shape index (κ3) is 4.27. The molecule has 0 aliphatic carbocycles. The average Bonchev–Trinajstić information content (AvgIpc) is 2.06. The fourth-order valence-electron chi connectivity index (χ4n) is 1.11. The molecule has 1 unspecified atom stereocenters. The summed E-state index contributed by atoms with van der Waals surface area (Å²) >= 11 is 0. The summed E-state index contributed by atoms with van der Waals surface area (Å²) in [6, 6.07) is 9.86. The Labute approximate surface area is 85.2 Å². The van der Waals surface area contributed by atoms with Gasteiger partial charge in [-0.2, -0.15) is 0 Å². The minimum atomic E-state index is -0.776. The zero-order valence-corrected chi connectivity index (χ0v) is 8.55.